The number of anilines is 1. The van der Waals surface area contributed by atoms with Gasteiger partial charge in [0.15, 0.2) is 5.65 Å². The number of ether oxygens (including phenoxy) is 1. The summed E-state index contributed by atoms with van der Waals surface area (Å²) >= 11 is 0. The smallest absolute Gasteiger partial charge is 0.243 e. The minimum absolute atomic E-state index is 0.272. The molecule has 0 aliphatic heterocycles. The Kier molecular flexibility index (Phi) is 2.18. The molecule has 2 aromatic rings. The zero-order valence-corrected chi connectivity index (χ0v) is 8.98. The van der Waals surface area contributed by atoms with Crippen molar-refractivity contribution >= 4 is 11.6 Å². The van der Waals surface area contributed by atoms with E-state index in [1.165, 1.54) is 4.52 Å². The predicted octanol–water partition coefficient (Wildman–Crippen LogP) is 0.722. The molecule has 2 N–H and O–H groups in total. The van der Waals surface area contributed by atoms with E-state index in [0.717, 1.165) is 11.1 Å². The first-order valence-electron chi connectivity index (χ1n) is 4.76. The Morgan fingerprint density at radius 3 is 2.67 bits per heavy atom. The molecule has 0 atom stereocenters. The summed E-state index contributed by atoms with van der Waals surface area (Å²) in [4.78, 5) is 0. The lowest BCUT2D eigenvalue weighted by Gasteiger charge is -2.08. The predicted molar refractivity (Wildman–Crippen MR) is 55.8 cm³/mol. The number of hydrogen-bond acceptors (Lipinski definition) is 5. The fraction of sp³-hybridized carbons (Fsp3) is 0.444. The number of nitrogens with two attached hydrogens (primary N) is 1. The summed E-state index contributed by atoms with van der Waals surface area (Å²) in [5, 5.41) is 12.0. The Bertz CT molecular complexity index is 505. The molecular weight excluding hydrogens is 194 g/mol. The summed E-state index contributed by atoms with van der Waals surface area (Å²) < 4.78 is 6.90. The molecule has 0 saturated carbocycles. The van der Waals surface area contributed by atoms with Crippen LogP contribution >= 0.6 is 0 Å². The molecule has 0 bridgehead atoms. The van der Waals surface area contributed by atoms with Gasteiger partial charge in [-0.15, -0.1) is 15.3 Å². The summed E-state index contributed by atoms with van der Waals surface area (Å²) in [6, 6.07) is 0. The van der Waals surface area contributed by atoms with Crippen LogP contribution < -0.4 is 10.5 Å². The maximum Gasteiger partial charge on any atom is 0.243 e. The van der Waals surface area contributed by atoms with Crippen molar-refractivity contribution < 1.29 is 4.74 Å². The van der Waals surface area contributed by atoms with Gasteiger partial charge in [0.1, 0.15) is 0 Å². The number of aryl methyl sites for hydroxylation is 1. The van der Waals surface area contributed by atoms with Crippen LogP contribution in [-0.4, -0.2) is 26.4 Å². The van der Waals surface area contributed by atoms with Crippen molar-refractivity contribution in [3.63, 3.8) is 0 Å². The minimum atomic E-state index is 0.272. The number of fused-ring (bicyclic) bond motifs is 1. The highest BCUT2D eigenvalue weighted by Crippen LogP contribution is 2.21. The monoisotopic (exact) mass is 207 g/mol. The number of hydrogen-bond donors (Lipinski definition) is 1. The van der Waals surface area contributed by atoms with Gasteiger partial charge in [-0.2, -0.15) is 4.52 Å². The molecule has 0 radical (unpaired) electrons. The van der Waals surface area contributed by atoms with Crippen LogP contribution in [0.2, 0.25) is 0 Å². The second kappa shape index (κ2) is 3.38. The van der Waals surface area contributed by atoms with E-state index in [-0.39, 0.29) is 5.95 Å². The summed E-state index contributed by atoms with van der Waals surface area (Å²) in [5.41, 5.74) is 8.26. The normalized spacial score (nSPS) is 10.9. The first-order valence-corrected chi connectivity index (χ1v) is 4.76. The lowest BCUT2D eigenvalue weighted by atomic mass is 10.2. The average Bonchev–Trinajstić information content (AvgIpc) is 2.57. The van der Waals surface area contributed by atoms with Gasteiger partial charge in [0, 0.05) is 11.1 Å². The first-order chi connectivity index (χ1) is 7.15. The topological polar surface area (TPSA) is 78.3 Å². The molecule has 0 aromatic carbocycles. The summed E-state index contributed by atoms with van der Waals surface area (Å²) in [6.07, 6.45) is 0. The lowest BCUT2D eigenvalue weighted by Crippen LogP contribution is -2.06. The molecule has 0 aliphatic carbocycles. The molecule has 6 heteroatoms. The van der Waals surface area contributed by atoms with Crippen LogP contribution in [-0.2, 0) is 0 Å². The van der Waals surface area contributed by atoms with Crippen LogP contribution in [0.3, 0.4) is 0 Å². The zero-order valence-electron chi connectivity index (χ0n) is 8.98. The molecule has 0 fully saturated rings. The first kappa shape index (κ1) is 9.70. The molecule has 0 saturated heterocycles. The number of aromatic nitrogens is 4. The highest BCUT2D eigenvalue weighted by atomic mass is 16.5. The Hall–Kier alpha value is -1.85. The van der Waals surface area contributed by atoms with Crippen molar-refractivity contribution in [2.45, 2.75) is 20.8 Å². The highest BCUT2D eigenvalue weighted by Gasteiger charge is 2.13. The Labute approximate surface area is 87.1 Å². The Morgan fingerprint density at radius 2 is 2.00 bits per heavy atom. The van der Waals surface area contributed by atoms with Crippen molar-refractivity contribution in [3.05, 3.63) is 11.1 Å². The van der Waals surface area contributed by atoms with E-state index in [9.17, 15) is 0 Å². The van der Waals surface area contributed by atoms with Crippen LogP contribution in [0, 0.1) is 13.8 Å². The quantitative estimate of drug-likeness (QED) is 0.785. The van der Waals surface area contributed by atoms with E-state index in [1.807, 2.05) is 20.8 Å². The van der Waals surface area contributed by atoms with Gasteiger partial charge in [0.25, 0.3) is 0 Å². The van der Waals surface area contributed by atoms with E-state index in [0.29, 0.717) is 18.1 Å². The average molecular weight is 207 g/mol. The van der Waals surface area contributed by atoms with Crippen LogP contribution in [0.15, 0.2) is 0 Å². The van der Waals surface area contributed by atoms with Gasteiger partial charge in [-0.05, 0) is 20.8 Å². The van der Waals surface area contributed by atoms with E-state index in [4.69, 9.17) is 10.5 Å². The Morgan fingerprint density at radius 1 is 1.27 bits per heavy atom. The molecule has 0 amide bonds. The standard InChI is InChI=1S/C9H13N5O/c1-4-15-8-6(3)5(2)7-11-12-9(10)14(7)13-8/h4H2,1-3H3,(H2,10,12). The molecule has 15 heavy (non-hydrogen) atoms. The van der Waals surface area contributed by atoms with Crippen molar-refractivity contribution in [1.82, 2.24) is 19.8 Å². The van der Waals surface area contributed by atoms with Gasteiger partial charge in [-0.25, -0.2) is 0 Å². The van der Waals surface area contributed by atoms with E-state index in [1.54, 1.807) is 0 Å². The van der Waals surface area contributed by atoms with E-state index < -0.39 is 0 Å². The number of nitrogens with zero attached hydrogens (tertiary/aromatic N) is 4. The fourth-order valence-electron chi connectivity index (χ4n) is 1.39. The van der Waals surface area contributed by atoms with Crippen LogP contribution in [0.1, 0.15) is 18.1 Å². The lowest BCUT2D eigenvalue weighted by molar-refractivity contribution is 0.318. The molecule has 6 nitrogen and oxygen atoms in total. The molecule has 0 unspecified atom stereocenters. The van der Waals surface area contributed by atoms with Gasteiger partial charge >= 0.3 is 0 Å². The SMILES string of the molecule is CCOc1nn2c(N)nnc2c(C)c1C. The summed E-state index contributed by atoms with van der Waals surface area (Å²) in [7, 11) is 0. The molecule has 80 valence electrons. The third-order valence-corrected chi connectivity index (χ3v) is 2.36. The number of nitrogen functional groups attached to an aromatic ring is 1. The van der Waals surface area contributed by atoms with Crippen LogP contribution in [0.25, 0.3) is 5.65 Å². The van der Waals surface area contributed by atoms with Gasteiger partial charge in [-0.1, -0.05) is 0 Å². The van der Waals surface area contributed by atoms with Gasteiger partial charge in [0.05, 0.1) is 6.61 Å². The zero-order chi connectivity index (χ0) is 11.0. The molecule has 2 aromatic heterocycles. The maximum atomic E-state index is 5.63. The third-order valence-electron chi connectivity index (χ3n) is 2.36. The summed E-state index contributed by atoms with van der Waals surface area (Å²) in [6.45, 7) is 6.37. The summed E-state index contributed by atoms with van der Waals surface area (Å²) in [5.74, 6) is 0.850. The molecule has 2 rings (SSSR count). The minimum Gasteiger partial charge on any atom is -0.477 e. The fourth-order valence-corrected chi connectivity index (χ4v) is 1.39. The van der Waals surface area contributed by atoms with Crippen molar-refractivity contribution in [2.75, 3.05) is 12.3 Å². The Balaban J connectivity index is 2.73. The second-order valence-electron chi connectivity index (χ2n) is 3.28. The van der Waals surface area contributed by atoms with Crippen LogP contribution in [0.5, 0.6) is 5.88 Å². The third kappa shape index (κ3) is 1.38. The molecule has 0 spiro atoms. The van der Waals surface area contributed by atoms with E-state index in [2.05, 4.69) is 15.3 Å². The van der Waals surface area contributed by atoms with Gasteiger partial charge < -0.3 is 10.5 Å². The van der Waals surface area contributed by atoms with Gasteiger partial charge in [0.2, 0.25) is 11.8 Å². The van der Waals surface area contributed by atoms with Crippen molar-refractivity contribution in [1.29, 1.82) is 0 Å². The van der Waals surface area contributed by atoms with Crippen molar-refractivity contribution in [3.8, 4) is 5.88 Å². The molecule has 0 aliphatic rings. The van der Waals surface area contributed by atoms with E-state index >= 15 is 0 Å². The van der Waals surface area contributed by atoms with Crippen LogP contribution in [0.4, 0.5) is 5.95 Å². The van der Waals surface area contributed by atoms with Gasteiger partial charge in [-0.3, -0.25) is 0 Å². The largest absolute Gasteiger partial charge is 0.477 e. The molecule has 2 heterocycles. The number of rotatable bonds is 2. The van der Waals surface area contributed by atoms with Crippen molar-refractivity contribution in [2.24, 2.45) is 0 Å². The second-order valence-corrected chi connectivity index (χ2v) is 3.28. The maximum absolute atomic E-state index is 5.63. The molecular formula is C9H13N5O. The highest BCUT2D eigenvalue weighted by molar-refractivity contribution is 5.54.